The Balaban J connectivity index is 2.37. The van der Waals surface area contributed by atoms with Gasteiger partial charge in [-0.1, -0.05) is 29.6 Å². The zero-order chi connectivity index (χ0) is 12.7. The number of hydrogen-bond donors (Lipinski definition) is 0. The van der Waals surface area contributed by atoms with E-state index in [2.05, 4.69) is 0 Å². The average molecular weight is 296 g/mol. The number of carbonyl (C=O) groups excluding carboxylic acids is 1. The molecule has 0 saturated carbocycles. The third-order valence-corrected chi connectivity index (χ3v) is 3.14. The minimum Gasteiger partial charge on any atom is -0.426 e. The fourth-order valence-corrected chi connectivity index (χ4v) is 1.74. The molecule has 0 unspecified atom stereocenters. The zero-order valence-corrected chi connectivity index (χ0v) is 11.5. The summed E-state index contributed by atoms with van der Waals surface area (Å²) in [5.41, 5.74) is 0. The summed E-state index contributed by atoms with van der Waals surface area (Å²) >= 11 is 17.1. The van der Waals surface area contributed by atoms with Crippen molar-refractivity contribution in [1.82, 2.24) is 0 Å². The Labute approximate surface area is 116 Å². The van der Waals surface area contributed by atoms with Gasteiger partial charge in [0.2, 0.25) is 0 Å². The maximum Gasteiger partial charge on any atom is 0.311 e. The van der Waals surface area contributed by atoms with Gasteiger partial charge in [-0.2, -0.15) is 0 Å². The maximum atomic E-state index is 11.4. The number of carbonyl (C=O) groups is 1. The highest BCUT2D eigenvalue weighted by Gasteiger charge is 2.06. The van der Waals surface area contributed by atoms with Crippen LogP contribution in [0.4, 0.5) is 0 Å². The molecule has 0 aliphatic heterocycles. The molecule has 17 heavy (non-hydrogen) atoms. The molecule has 0 bridgehead atoms. The third-order valence-electron chi connectivity index (χ3n) is 2.14. The maximum absolute atomic E-state index is 11.4. The summed E-state index contributed by atoms with van der Waals surface area (Å²) in [5.74, 6) is 0.779. The number of benzene rings is 1. The monoisotopic (exact) mass is 294 g/mol. The summed E-state index contributed by atoms with van der Waals surface area (Å²) in [7, 11) is 0. The molecule has 0 atom stereocenters. The molecule has 0 fully saturated rings. The fraction of sp³-hybridized carbons (Fsp3) is 0.417. The number of halogens is 3. The molecular formula is C12H13Cl3O2. The largest absolute Gasteiger partial charge is 0.426 e. The lowest BCUT2D eigenvalue weighted by atomic mass is 10.2. The van der Waals surface area contributed by atoms with E-state index in [4.69, 9.17) is 39.5 Å². The molecule has 5 heteroatoms. The van der Waals surface area contributed by atoms with Crippen molar-refractivity contribution in [3.8, 4) is 5.75 Å². The van der Waals surface area contributed by atoms with Gasteiger partial charge < -0.3 is 4.74 Å². The van der Waals surface area contributed by atoms with Crippen LogP contribution in [0.2, 0.25) is 10.0 Å². The second kappa shape index (κ2) is 7.80. The van der Waals surface area contributed by atoms with Crippen LogP contribution >= 0.6 is 34.8 Å². The predicted molar refractivity (Wildman–Crippen MR) is 71.3 cm³/mol. The molecule has 1 rings (SSSR count). The van der Waals surface area contributed by atoms with E-state index in [1.807, 2.05) is 0 Å². The summed E-state index contributed by atoms with van der Waals surface area (Å²) in [4.78, 5) is 11.4. The first kappa shape index (κ1) is 14.6. The zero-order valence-electron chi connectivity index (χ0n) is 9.22. The van der Waals surface area contributed by atoms with E-state index >= 15 is 0 Å². The first-order valence-electron chi connectivity index (χ1n) is 5.35. The number of esters is 1. The normalized spacial score (nSPS) is 10.3. The van der Waals surface area contributed by atoms with Crippen LogP contribution in [0.15, 0.2) is 18.2 Å². The highest BCUT2D eigenvalue weighted by Crippen LogP contribution is 2.26. The van der Waals surface area contributed by atoms with Crippen molar-refractivity contribution < 1.29 is 9.53 Å². The van der Waals surface area contributed by atoms with Crippen LogP contribution in [-0.2, 0) is 4.79 Å². The molecule has 0 N–H and O–H groups in total. The predicted octanol–water partition coefficient (Wildman–Crippen LogP) is 4.70. The van der Waals surface area contributed by atoms with Gasteiger partial charge in [-0.25, -0.2) is 0 Å². The lowest BCUT2D eigenvalue weighted by Crippen LogP contribution is -2.07. The second-order valence-electron chi connectivity index (χ2n) is 3.55. The van der Waals surface area contributed by atoms with Crippen molar-refractivity contribution in [2.45, 2.75) is 25.7 Å². The average Bonchev–Trinajstić information content (AvgIpc) is 2.30. The minimum absolute atomic E-state index is 0.266. The molecule has 0 aliphatic carbocycles. The lowest BCUT2D eigenvalue weighted by Gasteiger charge is -2.05. The van der Waals surface area contributed by atoms with Gasteiger partial charge in [-0.15, -0.1) is 11.6 Å². The summed E-state index contributed by atoms with van der Waals surface area (Å²) in [6, 6.07) is 4.74. The van der Waals surface area contributed by atoms with Crippen molar-refractivity contribution in [3.63, 3.8) is 0 Å². The lowest BCUT2D eigenvalue weighted by molar-refractivity contribution is -0.134. The Morgan fingerprint density at radius 2 is 1.88 bits per heavy atom. The first-order chi connectivity index (χ1) is 8.13. The SMILES string of the molecule is O=C(CCCCCCl)Oc1ccc(Cl)c(Cl)c1. The van der Waals surface area contributed by atoms with E-state index in [1.54, 1.807) is 12.1 Å². The van der Waals surface area contributed by atoms with Crippen LogP contribution < -0.4 is 4.74 Å². The molecule has 2 nitrogen and oxygen atoms in total. The Hall–Kier alpha value is -0.440. The van der Waals surface area contributed by atoms with Crippen LogP contribution in [0, 0.1) is 0 Å². The van der Waals surface area contributed by atoms with Gasteiger partial charge in [-0.3, -0.25) is 4.79 Å². The second-order valence-corrected chi connectivity index (χ2v) is 4.74. The van der Waals surface area contributed by atoms with E-state index in [0.717, 1.165) is 19.3 Å². The van der Waals surface area contributed by atoms with Crippen molar-refractivity contribution in [2.75, 3.05) is 5.88 Å². The summed E-state index contributed by atoms with van der Waals surface area (Å²) < 4.78 is 5.12. The molecule has 0 spiro atoms. The molecule has 94 valence electrons. The van der Waals surface area contributed by atoms with Crippen LogP contribution in [0.1, 0.15) is 25.7 Å². The number of ether oxygens (including phenoxy) is 1. The topological polar surface area (TPSA) is 26.3 Å². The van der Waals surface area contributed by atoms with Gasteiger partial charge in [0.1, 0.15) is 5.75 Å². The van der Waals surface area contributed by atoms with Crippen LogP contribution in [0.5, 0.6) is 5.75 Å². The smallest absolute Gasteiger partial charge is 0.311 e. The minimum atomic E-state index is -0.266. The Morgan fingerprint density at radius 1 is 1.12 bits per heavy atom. The molecule has 0 heterocycles. The molecule has 0 amide bonds. The van der Waals surface area contributed by atoms with Crippen molar-refractivity contribution in [1.29, 1.82) is 0 Å². The number of alkyl halides is 1. The van der Waals surface area contributed by atoms with Gasteiger partial charge in [0.25, 0.3) is 0 Å². The van der Waals surface area contributed by atoms with Gasteiger partial charge in [0.05, 0.1) is 10.0 Å². The van der Waals surface area contributed by atoms with Crippen molar-refractivity contribution >= 4 is 40.8 Å². The molecule has 0 radical (unpaired) electrons. The quantitative estimate of drug-likeness (QED) is 0.329. The summed E-state index contributed by atoms with van der Waals surface area (Å²) in [5, 5.41) is 0.813. The number of hydrogen-bond acceptors (Lipinski definition) is 2. The standard InChI is InChI=1S/C12H13Cl3O2/c13-7-3-1-2-4-12(16)17-9-5-6-10(14)11(15)8-9/h5-6,8H,1-4,7H2. The molecule has 0 aliphatic rings. The highest BCUT2D eigenvalue weighted by atomic mass is 35.5. The molecule has 0 saturated heterocycles. The van der Waals surface area contributed by atoms with Crippen LogP contribution in [0.3, 0.4) is 0 Å². The molecule has 0 aromatic heterocycles. The Kier molecular flexibility index (Phi) is 6.71. The van der Waals surface area contributed by atoms with Gasteiger partial charge in [-0.05, 0) is 25.0 Å². The Morgan fingerprint density at radius 3 is 2.53 bits per heavy atom. The van der Waals surface area contributed by atoms with Crippen LogP contribution in [0.25, 0.3) is 0 Å². The van der Waals surface area contributed by atoms with Gasteiger partial charge in [0.15, 0.2) is 0 Å². The summed E-state index contributed by atoms with van der Waals surface area (Å²) in [6.45, 7) is 0. The molecular weight excluding hydrogens is 282 g/mol. The van der Waals surface area contributed by atoms with Crippen molar-refractivity contribution in [3.05, 3.63) is 28.2 Å². The van der Waals surface area contributed by atoms with Gasteiger partial charge >= 0.3 is 5.97 Å². The molecule has 1 aromatic rings. The summed E-state index contributed by atoms with van der Waals surface area (Å²) in [6.07, 6.45) is 3.02. The number of rotatable bonds is 6. The van der Waals surface area contributed by atoms with Crippen molar-refractivity contribution in [2.24, 2.45) is 0 Å². The highest BCUT2D eigenvalue weighted by molar-refractivity contribution is 6.42. The number of unbranched alkanes of at least 4 members (excludes halogenated alkanes) is 2. The first-order valence-corrected chi connectivity index (χ1v) is 6.64. The molecule has 1 aromatic carbocycles. The van der Waals surface area contributed by atoms with Crippen LogP contribution in [-0.4, -0.2) is 11.8 Å². The fourth-order valence-electron chi connectivity index (χ4n) is 1.26. The van der Waals surface area contributed by atoms with E-state index in [0.29, 0.717) is 28.1 Å². The Bertz CT molecular complexity index is 380. The van der Waals surface area contributed by atoms with E-state index in [1.165, 1.54) is 6.07 Å². The van der Waals surface area contributed by atoms with E-state index < -0.39 is 0 Å². The van der Waals surface area contributed by atoms with E-state index in [-0.39, 0.29) is 5.97 Å². The van der Waals surface area contributed by atoms with Gasteiger partial charge in [0, 0.05) is 18.4 Å². The third kappa shape index (κ3) is 5.62. The van der Waals surface area contributed by atoms with E-state index in [9.17, 15) is 4.79 Å².